The van der Waals surface area contributed by atoms with Crippen molar-refractivity contribution in [2.75, 3.05) is 31.2 Å². The van der Waals surface area contributed by atoms with Crippen LogP contribution in [0.4, 0.5) is 0 Å². The lowest BCUT2D eigenvalue weighted by Crippen LogP contribution is -2.22. The van der Waals surface area contributed by atoms with Gasteiger partial charge in [-0.15, -0.1) is 0 Å². The summed E-state index contributed by atoms with van der Waals surface area (Å²) in [5, 5.41) is 0. The molecular weight excluding hydrogens is 300 g/mol. The van der Waals surface area contributed by atoms with Gasteiger partial charge in [0.05, 0.1) is 0 Å². The van der Waals surface area contributed by atoms with Gasteiger partial charge in [-0.05, 0) is 34.1 Å². The van der Waals surface area contributed by atoms with Crippen molar-refractivity contribution in [1.82, 2.24) is 4.44 Å². The number of rotatable bonds is 5. The first-order chi connectivity index (χ1) is 9.72. The van der Waals surface area contributed by atoms with Crippen LogP contribution in [0.1, 0.15) is 47.5 Å². The van der Waals surface area contributed by atoms with Crippen molar-refractivity contribution in [3.05, 3.63) is 22.3 Å². The van der Waals surface area contributed by atoms with Crippen molar-refractivity contribution in [2.24, 2.45) is 0 Å². The minimum absolute atomic E-state index is 0.643. The summed E-state index contributed by atoms with van der Waals surface area (Å²) >= 11 is 0. The average Bonchev–Trinajstić information content (AvgIpc) is 2.77. The van der Waals surface area contributed by atoms with Crippen LogP contribution >= 0.6 is 14.6 Å². The number of allylic oxidation sites excluding steroid dienone is 4. The molecule has 2 rings (SSSR count). The van der Waals surface area contributed by atoms with Gasteiger partial charge in [0.25, 0.3) is 0 Å². The van der Waals surface area contributed by atoms with Crippen LogP contribution in [0.25, 0.3) is 0 Å². The highest BCUT2D eigenvalue weighted by Crippen LogP contribution is 2.71. The first kappa shape index (κ1) is 17.3. The standard InChI is InChI=1S/C16H29NO2P2/c1-6-7-8-17(20(18)9-13(2)14(3)10-20)21(19)11-15(4)16(5)12-21/h6-12H2,1-5H3. The van der Waals surface area contributed by atoms with Crippen LogP contribution in [0.3, 0.4) is 0 Å². The summed E-state index contributed by atoms with van der Waals surface area (Å²) in [4.78, 5) is 0. The van der Waals surface area contributed by atoms with Gasteiger partial charge in [0, 0.05) is 31.2 Å². The summed E-state index contributed by atoms with van der Waals surface area (Å²) in [7, 11) is -5.04. The van der Waals surface area contributed by atoms with Gasteiger partial charge in [-0.1, -0.05) is 35.6 Å². The number of unbranched alkanes of at least 4 members (excludes halogenated alkanes) is 1. The Morgan fingerprint density at radius 3 is 1.43 bits per heavy atom. The molecule has 2 heterocycles. The molecule has 0 amide bonds. The summed E-state index contributed by atoms with van der Waals surface area (Å²) in [6.45, 7) is 11.2. The van der Waals surface area contributed by atoms with E-state index in [4.69, 9.17) is 0 Å². The van der Waals surface area contributed by atoms with E-state index in [1.807, 2.05) is 4.44 Å². The molecule has 0 saturated heterocycles. The molecule has 0 atom stereocenters. The van der Waals surface area contributed by atoms with Gasteiger partial charge < -0.3 is 9.13 Å². The zero-order chi connectivity index (χ0) is 15.8. The Labute approximate surface area is 129 Å². The number of nitrogens with zero attached hydrogens (tertiary/aromatic N) is 1. The van der Waals surface area contributed by atoms with E-state index >= 15 is 0 Å². The second-order valence-electron chi connectivity index (χ2n) is 6.90. The SMILES string of the molecule is CCCCN(P1(=O)CC(C)=C(C)C1)P1(=O)CC(C)=C(C)C1. The molecule has 3 nitrogen and oxygen atoms in total. The molecule has 0 aliphatic carbocycles. The Kier molecular flexibility index (Phi) is 5.08. The molecule has 2 aliphatic heterocycles. The van der Waals surface area contributed by atoms with Gasteiger partial charge in [0.1, 0.15) is 0 Å². The van der Waals surface area contributed by atoms with Gasteiger partial charge in [0.2, 0.25) is 0 Å². The van der Waals surface area contributed by atoms with Gasteiger partial charge in [-0.2, -0.15) is 4.44 Å². The third kappa shape index (κ3) is 3.31. The van der Waals surface area contributed by atoms with E-state index in [9.17, 15) is 9.13 Å². The molecule has 2 aliphatic rings. The van der Waals surface area contributed by atoms with E-state index < -0.39 is 14.6 Å². The Morgan fingerprint density at radius 1 is 0.810 bits per heavy atom. The van der Waals surface area contributed by atoms with Crippen molar-refractivity contribution in [1.29, 1.82) is 0 Å². The van der Waals surface area contributed by atoms with Crippen LogP contribution in [-0.4, -0.2) is 35.6 Å². The molecule has 0 unspecified atom stereocenters. The number of hydrogen-bond donors (Lipinski definition) is 0. The van der Waals surface area contributed by atoms with Crippen LogP contribution in [0, 0.1) is 0 Å². The Morgan fingerprint density at radius 2 is 1.14 bits per heavy atom. The van der Waals surface area contributed by atoms with E-state index in [2.05, 4.69) is 34.6 Å². The third-order valence-electron chi connectivity index (χ3n) is 4.95. The van der Waals surface area contributed by atoms with Crippen molar-refractivity contribution < 1.29 is 9.13 Å². The van der Waals surface area contributed by atoms with Crippen LogP contribution in [0.15, 0.2) is 22.3 Å². The van der Waals surface area contributed by atoms with E-state index in [-0.39, 0.29) is 0 Å². The Bertz CT molecular complexity index is 505. The molecule has 120 valence electrons. The zero-order valence-corrected chi connectivity index (χ0v) is 15.9. The molecule has 0 bridgehead atoms. The highest BCUT2D eigenvalue weighted by molar-refractivity contribution is 7.77. The van der Waals surface area contributed by atoms with Crippen LogP contribution in [0.2, 0.25) is 0 Å². The predicted octanol–water partition coefficient (Wildman–Crippen LogP) is 5.34. The predicted molar refractivity (Wildman–Crippen MR) is 93.0 cm³/mol. The maximum Gasteiger partial charge on any atom is 0.163 e. The smallest absolute Gasteiger partial charge is 0.163 e. The van der Waals surface area contributed by atoms with Gasteiger partial charge in [-0.25, -0.2) is 0 Å². The summed E-state index contributed by atoms with van der Waals surface area (Å²) in [6.07, 6.45) is 4.60. The fourth-order valence-electron chi connectivity index (χ4n) is 3.42. The first-order valence-corrected chi connectivity index (χ1v) is 12.0. The lowest BCUT2D eigenvalue weighted by Gasteiger charge is -2.34. The lowest BCUT2D eigenvalue weighted by molar-refractivity contribution is 0.491. The molecule has 0 spiro atoms. The van der Waals surface area contributed by atoms with E-state index in [0.29, 0.717) is 24.6 Å². The fraction of sp³-hybridized carbons (Fsp3) is 0.750. The van der Waals surface area contributed by atoms with E-state index in [1.54, 1.807) is 0 Å². The maximum atomic E-state index is 13.5. The Hall–Kier alpha value is -0.100. The van der Waals surface area contributed by atoms with Gasteiger partial charge in [-0.3, -0.25) is 0 Å². The zero-order valence-electron chi connectivity index (χ0n) is 14.1. The molecule has 0 aromatic carbocycles. The molecule has 0 aromatic heterocycles. The molecule has 0 radical (unpaired) electrons. The van der Waals surface area contributed by atoms with E-state index in [1.165, 1.54) is 22.3 Å². The summed E-state index contributed by atoms with van der Waals surface area (Å²) < 4.78 is 29.1. The van der Waals surface area contributed by atoms with E-state index in [0.717, 1.165) is 19.4 Å². The van der Waals surface area contributed by atoms with Crippen LogP contribution in [-0.2, 0) is 9.13 Å². The van der Waals surface area contributed by atoms with Crippen molar-refractivity contribution in [3.63, 3.8) is 0 Å². The highest BCUT2D eigenvalue weighted by Gasteiger charge is 2.46. The molecule has 0 aromatic rings. The maximum absolute atomic E-state index is 13.5. The molecular formula is C16H29NO2P2. The Balaban J connectivity index is 2.29. The summed E-state index contributed by atoms with van der Waals surface area (Å²) in [5.41, 5.74) is 4.97. The minimum Gasteiger partial charge on any atom is -0.305 e. The molecule has 21 heavy (non-hydrogen) atoms. The second kappa shape index (κ2) is 6.19. The number of hydrogen-bond acceptors (Lipinski definition) is 2. The summed E-state index contributed by atoms with van der Waals surface area (Å²) in [5.74, 6) is 0. The first-order valence-electron chi connectivity index (χ1n) is 7.97. The van der Waals surface area contributed by atoms with Crippen LogP contribution < -0.4 is 0 Å². The van der Waals surface area contributed by atoms with Gasteiger partial charge in [0.15, 0.2) is 14.6 Å². The average molecular weight is 329 g/mol. The van der Waals surface area contributed by atoms with Crippen molar-refractivity contribution >= 4 is 14.6 Å². The molecule has 0 fully saturated rings. The second-order valence-corrected chi connectivity index (χ2v) is 12.8. The lowest BCUT2D eigenvalue weighted by atomic mass is 10.2. The molecule has 5 heteroatoms. The summed E-state index contributed by atoms with van der Waals surface area (Å²) in [6, 6.07) is 0. The normalized spacial score (nSPS) is 24.5. The molecule has 0 N–H and O–H groups in total. The van der Waals surface area contributed by atoms with Gasteiger partial charge >= 0.3 is 0 Å². The largest absolute Gasteiger partial charge is 0.305 e. The van der Waals surface area contributed by atoms with Crippen LogP contribution in [0.5, 0.6) is 0 Å². The third-order valence-corrected chi connectivity index (χ3v) is 12.9. The highest BCUT2D eigenvalue weighted by atomic mass is 31.2. The van der Waals surface area contributed by atoms with Crippen molar-refractivity contribution in [3.8, 4) is 0 Å². The monoisotopic (exact) mass is 329 g/mol. The fourth-order valence-corrected chi connectivity index (χ4v) is 12.5. The quantitative estimate of drug-likeness (QED) is 0.504. The minimum atomic E-state index is -2.52. The topological polar surface area (TPSA) is 37.4 Å². The van der Waals surface area contributed by atoms with Crippen molar-refractivity contribution in [2.45, 2.75) is 47.5 Å². The molecule has 0 saturated carbocycles.